The first-order chi connectivity index (χ1) is 9.33. The average molecular weight is 295 g/mol. The zero-order chi connectivity index (χ0) is 13.1. The number of para-hydroxylation sites is 1. The predicted molar refractivity (Wildman–Crippen MR) is 78.9 cm³/mol. The van der Waals surface area contributed by atoms with Crippen LogP contribution in [0.5, 0.6) is 0 Å². The number of aromatic nitrogens is 4. The fourth-order valence-corrected chi connectivity index (χ4v) is 2.39. The Hall–Kier alpha value is -1.50. The number of hydrogen-bond acceptors (Lipinski definition) is 5. The summed E-state index contributed by atoms with van der Waals surface area (Å²) in [5.74, 6) is 0.877. The van der Waals surface area contributed by atoms with Crippen molar-refractivity contribution in [3.63, 3.8) is 0 Å². The average Bonchev–Trinajstić information content (AvgIpc) is 2.90. The van der Waals surface area contributed by atoms with Gasteiger partial charge in [-0.2, -0.15) is 4.68 Å². The molecule has 0 saturated carbocycles. The van der Waals surface area contributed by atoms with Crippen LogP contribution in [0.25, 0.3) is 5.69 Å². The van der Waals surface area contributed by atoms with Crippen LogP contribution in [0.15, 0.2) is 30.3 Å². The first-order valence-electron chi connectivity index (χ1n) is 6.63. The second-order valence-corrected chi connectivity index (χ2v) is 4.96. The molecule has 2 aromatic rings. The number of hydrogen-bond donors (Lipinski definition) is 1. The molecule has 0 aliphatic carbocycles. The van der Waals surface area contributed by atoms with Crippen LogP contribution in [0.1, 0.15) is 18.7 Å². The van der Waals surface area contributed by atoms with Gasteiger partial charge in [-0.05, 0) is 35.4 Å². The standard InChI is InChI=1S/C13H18N6.ClH/c14-11-6-8-18(9-7-11)10-13-15-16-17-19(13)12-4-2-1-3-5-12;/h1-5,11H,6-10,14H2;1H. The van der Waals surface area contributed by atoms with Crippen LogP contribution < -0.4 is 5.73 Å². The van der Waals surface area contributed by atoms with Crippen molar-refractivity contribution in [2.75, 3.05) is 13.1 Å². The number of piperidine rings is 1. The summed E-state index contributed by atoms with van der Waals surface area (Å²) in [5, 5.41) is 12.0. The Balaban J connectivity index is 0.00000147. The normalized spacial score (nSPS) is 16.9. The third kappa shape index (κ3) is 3.33. The predicted octanol–water partition coefficient (Wildman–Crippen LogP) is 1.01. The fraction of sp³-hybridized carbons (Fsp3) is 0.462. The lowest BCUT2D eigenvalue weighted by atomic mass is 10.1. The Kier molecular flexibility index (Phi) is 5.05. The van der Waals surface area contributed by atoms with Gasteiger partial charge in [0.15, 0.2) is 5.82 Å². The number of benzene rings is 1. The van der Waals surface area contributed by atoms with Crippen molar-refractivity contribution < 1.29 is 0 Å². The molecule has 1 aromatic carbocycles. The minimum absolute atomic E-state index is 0. The zero-order valence-electron chi connectivity index (χ0n) is 11.2. The van der Waals surface area contributed by atoms with E-state index in [1.54, 1.807) is 4.68 Å². The molecule has 2 heterocycles. The number of tetrazole rings is 1. The Morgan fingerprint density at radius 2 is 1.85 bits per heavy atom. The number of halogens is 1. The molecular weight excluding hydrogens is 276 g/mol. The van der Waals surface area contributed by atoms with E-state index in [-0.39, 0.29) is 12.4 Å². The number of rotatable bonds is 3. The summed E-state index contributed by atoms with van der Waals surface area (Å²) in [6.45, 7) is 2.81. The van der Waals surface area contributed by atoms with Crippen molar-refractivity contribution in [3.8, 4) is 5.69 Å². The maximum atomic E-state index is 5.92. The molecule has 1 fully saturated rings. The van der Waals surface area contributed by atoms with E-state index in [0.29, 0.717) is 6.04 Å². The van der Waals surface area contributed by atoms with Gasteiger partial charge in [0, 0.05) is 19.1 Å². The molecule has 0 radical (unpaired) electrons. The van der Waals surface area contributed by atoms with Crippen molar-refractivity contribution in [2.45, 2.75) is 25.4 Å². The number of nitrogens with zero attached hydrogens (tertiary/aromatic N) is 5. The van der Waals surface area contributed by atoms with E-state index >= 15 is 0 Å². The molecule has 0 spiro atoms. The minimum Gasteiger partial charge on any atom is -0.328 e. The molecular formula is C13H19ClN6. The summed E-state index contributed by atoms with van der Waals surface area (Å²) in [4.78, 5) is 2.36. The van der Waals surface area contributed by atoms with Gasteiger partial charge in [0.2, 0.25) is 0 Å². The second-order valence-electron chi connectivity index (χ2n) is 4.96. The maximum Gasteiger partial charge on any atom is 0.170 e. The topological polar surface area (TPSA) is 72.9 Å². The van der Waals surface area contributed by atoms with Crippen LogP contribution in [-0.2, 0) is 6.54 Å². The van der Waals surface area contributed by atoms with Gasteiger partial charge < -0.3 is 5.73 Å². The van der Waals surface area contributed by atoms with Crippen LogP contribution in [0.4, 0.5) is 0 Å². The highest BCUT2D eigenvalue weighted by Crippen LogP contribution is 2.13. The quantitative estimate of drug-likeness (QED) is 0.914. The second kappa shape index (κ2) is 6.78. The molecule has 0 bridgehead atoms. The van der Waals surface area contributed by atoms with Gasteiger partial charge >= 0.3 is 0 Å². The molecule has 108 valence electrons. The molecule has 3 rings (SSSR count). The minimum atomic E-state index is 0. The molecule has 1 saturated heterocycles. The summed E-state index contributed by atoms with van der Waals surface area (Å²) < 4.78 is 1.80. The highest BCUT2D eigenvalue weighted by Gasteiger charge is 2.18. The van der Waals surface area contributed by atoms with Gasteiger partial charge in [0.05, 0.1) is 12.2 Å². The molecule has 1 aromatic heterocycles. The lowest BCUT2D eigenvalue weighted by Gasteiger charge is -2.29. The van der Waals surface area contributed by atoms with Gasteiger partial charge in [-0.15, -0.1) is 17.5 Å². The monoisotopic (exact) mass is 294 g/mol. The SMILES string of the molecule is Cl.NC1CCN(Cc2nnnn2-c2ccccc2)CC1. The van der Waals surface area contributed by atoms with Crippen molar-refractivity contribution in [3.05, 3.63) is 36.2 Å². The van der Waals surface area contributed by atoms with E-state index < -0.39 is 0 Å². The van der Waals surface area contributed by atoms with Gasteiger partial charge in [0.25, 0.3) is 0 Å². The van der Waals surface area contributed by atoms with Gasteiger partial charge in [-0.25, -0.2) is 0 Å². The maximum absolute atomic E-state index is 5.92. The third-order valence-electron chi connectivity index (χ3n) is 3.53. The Morgan fingerprint density at radius 1 is 1.15 bits per heavy atom. The third-order valence-corrected chi connectivity index (χ3v) is 3.53. The summed E-state index contributed by atoms with van der Waals surface area (Å²) in [6.07, 6.45) is 2.10. The highest BCUT2D eigenvalue weighted by molar-refractivity contribution is 5.85. The summed E-state index contributed by atoms with van der Waals surface area (Å²) in [6, 6.07) is 10.3. The fourth-order valence-electron chi connectivity index (χ4n) is 2.39. The molecule has 20 heavy (non-hydrogen) atoms. The van der Waals surface area contributed by atoms with Gasteiger partial charge in [0.1, 0.15) is 0 Å². The van der Waals surface area contributed by atoms with E-state index in [1.165, 1.54) is 0 Å². The first kappa shape index (κ1) is 14.9. The summed E-state index contributed by atoms with van der Waals surface area (Å²) in [7, 11) is 0. The van der Waals surface area contributed by atoms with Gasteiger partial charge in [-0.3, -0.25) is 4.90 Å². The van der Waals surface area contributed by atoms with Crippen molar-refractivity contribution in [1.29, 1.82) is 0 Å². The molecule has 0 unspecified atom stereocenters. The molecule has 6 nitrogen and oxygen atoms in total. The molecule has 1 aliphatic heterocycles. The van der Waals surface area contributed by atoms with Crippen molar-refractivity contribution >= 4 is 12.4 Å². The lowest BCUT2D eigenvalue weighted by molar-refractivity contribution is 0.200. The van der Waals surface area contributed by atoms with E-state index in [2.05, 4.69) is 20.4 Å². The lowest BCUT2D eigenvalue weighted by Crippen LogP contribution is -2.39. The molecule has 2 N–H and O–H groups in total. The Labute approximate surface area is 124 Å². The van der Waals surface area contributed by atoms with Crippen LogP contribution in [0.2, 0.25) is 0 Å². The summed E-state index contributed by atoms with van der Waals surface area (Å²) >= 11 is 0. The van der Waals surface area contributed by atoms with Crippen molar-refractivity contribution in [2.24, 2.45) is 5.73 Å². The number of likely N-dealkylation sites (tertiary alicyclic amines) is 1. The Bertz CT molecular complexity index is 521. The highest BCUT2D eigenvalue weighted by atomic mass is 35.5. The largest absolute Gasteiger partial charge is 0.328 e. The van der Waals surface area contributed by atoms with E-state index in [4.69, 9.17) is 5.73 Å². The van der Waals surface area contributed by atoms with Crippen LogP contribution in [0.3, 0.4) is 0 Å². The van der Waals surface area contributed by atoms with Crippen LogP contribution >= 0.6 is 12.4 Å². The molecule has 0 amide bonds. The first-order valence-corrected chi connectivity index (χ1v) is 6.63. The van der Waals surface area contributed by atoms with Crippen LogP contribution in [0, 0.1) is 0 Å². The van der Waals surface area contributed by atoms with E-state index in [9.17, 15) is 0 Å². The summed E-state index contributed by atoms with van der Waals surface area (Å²) in [5.41, 5.74) is 6.92. The number of nitrogens with two attached hydrogens (primary N) is 1. The molecule has 7 heteroatoms. The smallest absolute Gasteiger partial charge is 0.170 e. The van der Waals surface area contributed by atoms with Crippen LogP contribution in [-0.4, -0.2) is 44.2 Å². The van der Waals surface area contributed by atoms with E-state index in [1.807, 2.05) is 30.3 Å². The Morgan fingerprint density at radius 3 is 2.55 bits per heavy atom. The molecule has 0 atom stereocenters. The zero-order valence-corrected chi connectivity index (χ0v) is 12.0. The molecule has 1 aliphatic rings. The van der Waals surface area contributed by atoms with Crippen molar-refractivity contribution in [1.82, 2.24) is 25.1 Å². The van der Waals surface area contributed by atoms with Gasteiger partial charge in [-0.1, -0.05) is 18.2 Å². The van der Waals surface area contributed by atoms with E-state index in [0.717, 1.165) is 44.0 Å².